The van der Waals surface area contributed by atoms with Crippen molar-refractivity contribution >= 4 is 82.8 Å². The van der Waals surface area contributed by atoms with Crippen molar-refractivity contribution in [3.63, 3.8) is 0 Å². The molecule has 0 fully saturated rings. The topological polar surface area (TPSA) is 34.1 Å². The van der Waals surface area contributed by atoms with Gasteiger partial charge in [0.15, 0.2) is 0 Å². The summed E-state index contributed by atoms with van der Waals surface area (Å²) in [7, 11) is 0. The van der Waals surface area contributed by atoms with Crippen LogP contribution in [-0.4, -0.2) is 82.8 Å². The number of rotatable bonds is 0. The molecule has 0 spiro atoms. The summed E-state index contributed by atoms with van der Waals surface area (Å²) < 4.78 is 16.7. The third kappa shape index (κ3) is 29.0. The van der Waals surface area contributed by atoms with Crippen LogP contribution in [0, 0.1) is 0 Å². The summed E-state index contributed by atoms with van der Waals surface area (Å²) in [6, 6.07) is 0. The van der Waals surface area contributed by atoms with E-state index < -0.39 is 0 Å². The Bertz CT molecular complexity index is 11.5. The molecule has 0 aliphatic carbocycles. The maximum atomic E-state index is 8.34. The zero-order valence-electron chi connectivity index (χ0n) is 2.97. The summed E-state index contributed by atoms with van der Waals surface area (Å²) in [6.45, 7) is 0. The molecule has 0 saturated carbocycles. The van der Waals surface area contributed by atoms with Crippen molar-refractivity contribution in [2.45, 2.75) is 0 Å². The average molecular weight is 517 g/mol. The van der Waals surface area contributed by atoms with E-state index in [1.165, 1.54) is 37.8 Å². The van der Waals surface area contributed by atoms with Gasteiger partial charge in [0, 0.05) is 0 Å². The van der Waals surface area contributed by atoms with Crippen LogP contribution < -0.4 is 0 Å². The predicted molar refractivity (Wildman–Crippen MR) is 30.0 cm³/mol. The van der Waals surface area contributed by atoms with Crippen LogP contribution in [-0.2, 0) is 6.15 Å². The molecule has 6 heavy (non-hydrogen) atoms. The van der Waals surface area contributed by atoms with Gasteiger partial charge < -0.3 is 0 Å². The van der Waals surface area contributed by atoms with Gasteiger partial charge in [0.2, 0.25) is 0 Å². The molecule has 34 valence electrons. The summed E-state index contributed by atoms with van der Waals surface area (Å²) in [4.78, 5) is 0. The van der Waals surface area contributed by atoms with Crippen molar-refractivity contribution in [2.24, 2.45) is 0 Å². The molecule has 0 saturated heterocycles. The van der Waals surface area contributed by atoms with Gasteiger partial charge in [-0.15, -0.1) is 0 Å². The van der Waals surface area contributed by atoms with Crippen molar-refractivity contribution in [1.29, 1.82) is 0 Å². The first-order valence-corrected chi connectivity index (χ1v) is 17.7. The SMILES string of the molecule is [O]=[Sn].[O]=[Sn].[SbH2][SbH2]. The molecule has 0 aromatic carbocycles. The molecule has 0 aliphatic heterocycles. The van der Waals surface area contributed by atoms with Gasteiger partial charge in [-0.2, -0.15) is 0 Å². The molecule has 0 aliphatic rings. The molecule has 6 heteroatoms. The first kappa shape index (κ1) is 15.9. The van der Waals surface area contributed by atoms with Crippen LogP contribution in [0.25, 0.3) is 0 Å². The van der Waals surface area contributed by atoms with Crippen LogP contribution >= 0.6 is 0 Å². The van der Waals surface area contributed by atoms with Gasteiger partial charge in [-0.1, -0.05) is 0 Å². The Morgan fingerprint density at radius 1 is 0.833 bits per heavy atom. The first-order chi connectivity index (χ1) is 3.00. The monoisotopic (exact) mass is 518 g/mol. The first-order valence-electron chi connectivity index (χ1n) is 0.742. The van der Waals surface area contributed by atoms with E-state index in [1.807, 2.05) is 0 Å². The van der Waals surface area contributed by atoms with Crippen molar-refractivity contribution in [1.82, 2.24) is 0 Å². The Kier molecular flexibility index (Phi) is 121. The fraction of sp³-hybridized carbons (Fsp3) is 0. The van der Waals surface area contributed by atoms with Crippen LogP contribution in [0.15, 0.2) is 0 Å². The summed E-state index contributed by atoms with van der Waals surface area (Å²) in [5.74, 6) is 0. The summed E-state index contributed by atoms with van der Waals surface area (Å²) in [6.07, 6.45) is 0. The van der Waals surface area contributed by atoms with Gasteiger partial charge in [0.1, 0.15) is 0 Å². The molecule has 2 nitrogen and oxygen atoms in total. The molecule has 0 bridgehead atoms. The Morgan fingerprint density at radius 2 is 0.833 bits per heavy atom. The van der Waals surface area contributed by atoms with E-state index in [9.17, 15) is 0 Å². The van der Waals surface area contributed by atoms with Crippen molar-refractivity contribution < 1.29 is 6.15 Å². The molecule has 0 atom stereocenters. The Morgan fingerprint density at radius 3 is 0.833 bits per heavy atom. The second kappa shape index (κ2) is 45.6. The van der Waals surface area contributed by atoms with Gasteiger partial charge >= 0.3 is 88.9 Å². The zero-order valence-corrected chi connectivity index (χ0v) is 15.3. The van der Waals surface area contributed by atoms with E-state index in [-0.39, 0.29) is 0 Å². The van der Waals surface area contributed by atoms with Crippen LogP contribution in [0.4, 0.5) is 0 Å². The van der Waals surface area contributed by atoms with Crippen molar-refractivity contribution in [3.8, 4) is 0 Å². The molecule has 0 unspecified atom stereocenters. The second-order valence-electron chi connectivity index (χ2n) is 0. The quantitative estimate of drug-likeness (QED) is 0.325. The molecular formula is H4O2Sb2Sn2. The fourth-order valence-corrected chi connectivity index (χ4v) is 0. The van der Waals surface area contributed by atoms with E-state index in [4.69, 9.17) is 6.15 Å². The van der Waals surface area contributed by atoms with Gasteiger partial charge in [0.05, 0.1) is 0 Å². The molecular weight excluding hydrogens is 513 g/mol. The van der Waals surface area contributed by atoms with E-state index in [0.717, 1.165) is 0 Å². The normalized spacial score (nSPS) is 2.33. The third-order valence-electron chi connectivity index (χ3n) is 0. The molecule has 0 aromatic heterocycles. The van der Waals surface area contributed by atoms with Gasteiger partial charge in [-0.25, -0.2) is 0 Å². The van der Waals surface area contributed by atoms with E-state index in [0.29, 0.717) is 45.0 Å². The minimum absolute atomic E-state index is 0.300. The maximum absolute atomic E-state index is 8.34. The van der Waals surface area contributed by atoms with Crippen LogP contribution in [0.3, 0.4) is 0 Å². The fourth-order valence-electron chi connectivity index (χ4n) is 0. The standard InChI is InChI=1S/2O.2Sb.2Sn.4H. The zero-order chi connectivity index (χ0) is 6.00. The van der Waals surface area contributed by atoms with Crippen molar-refractivity contribution in [3.05, 3.63) is 0 Å². The Balaban J connectivity index is -0.0000000225. The second-order valence-corrected chi connectivity index (χ2v) is 0. The molecule has 0 aromatic rings. The summed E-state index contributed by atoms with van der Waals surface area (Å²) in [5, 5.41) is 0. The molecule has 0 N–H and O–H groups in total. The van der Waals surface area contributed by atoms with Crippen molar-refractivity contribution in [2.75, 3.05) is 0 Å². The number of hydrogen-bond donors (Lipinski definition) is 0. The van der Waals surface area contributed by atoms with Crippen LogP contribution in [0.1, 0.15) is 0 Å². The molecule has 0 amide bonds. The van der Waals surface area contributed by atoms with Gasteiger partial charge in [-0.3, -0.25) is 0 Å². The molecule has 0 heterocycles. The Hall–Kier alpha value is 2.83. The van der Waals surface area contributed by atoms with Crippen LogP contribution in [0.5, 0.6) is 0 Å². The summed E-state index contributed by atoms with van der Waals surface area (Å²) in [5.41, 5.74) is 0. The van der Waals surface area contributed by atoms with E-state index >= 15 is 0 Å². The van der Waals surface area contributed by atoms with Gasteiger partial charge in [-0.05, 0) is 0 Å². The third-order valence-corrected chi connectivity index (χ3v) is 0. The van der Waals surface area contributed by atoms with Crippen LogP contribution in [0.2, 0.25) is 0 Å². The average Bonchev–Trinajstić information content (AvgIpc) is 1.81. The van der Waals surface area contributed by atoms with E-state index in [2.05, 4.69) is 0 Å². The van der Waals surface area contributed by atoms with E-state index in [1.54, 1.807) is 0 Å². The molecule has 4 radical (unpaired) electrons. The Labute approximate surface area is 87.0 Å². The summed E-state index contributed by atoms with van der Waals surface area (Å²) >= 11 is 3.56. The predicted octanol–water partition coefficient (Wildman–Crippen LogP) is -2.83. The molecule has 0 rings (SSSR count). The van der Waals surface area contributed by atoms with Gasteiger partial charge in [0.25, 0.3) is 0 Å². The minimum atomic E-state index is 0.300. The number of hydrogen-bond acceptors (Lipinski definition) is 2.